The summed E-state index contributed by atoms with van der Waals surface area (Å²) >= 11 is 12.6. The number of nitrogens with one attached hydrogen (secondary N) is 1. The lowest BCUT2D eigenvalue weighted by atomic mass is 9.89. The lowest BCUT2D eigenvalue weighted by molar-refractivity contribution is 0.0713. The van der Waals surface area contributed by atoms with Crippen LogP contribution in [0.15, 0.2) is 47.4 Å². The largest absolute Gasteiger partial charge is 0.352 e. The molecule has 1 fully saturated rings. The summed E-state index contributed by atoms with van der Waals surface area (Å²) < 4.78 is 28.3. The quantitative estimate of drug-likeness (QED) is 0.470. The second kappa shape index (κ2) is 9.76. The summed E-state index contributed by atoms with van der Waals surface area (Å²) in [5, 5.41) is 2.91. The van der Waals surface area contributed by atoms with E-state index in [1.165, 1.54) is 36.0 Å². The van der Waals surface area contributed by atoms with Crippen LogP contribution < -0.4 is 10.9 Å². The van der Waals surface area contributed by atoms with Crippen molar-refractivity contribution in [3.8, 4) is 0 Å². The molecule has 2 aromatic carbocycles. The molecule has 1 aromatic heterocycles. The molecule has 5 nitrogen and oxygen atoms in total. The van der Waals surface area contributed by atoms with Crippen molar-refractivity contribution in [3.05, 3.63) is 91.3 Å². The van der Waals surface area contributed by atoms with Crippen molar-refractivity contribution in [2.45, 2.75) is 25.7 Å². The molecule has 0 bridgehead atoms. The zero-order valence-corrected chi connectivity index (χ0v) is 20.2. The topological polar surface area (TPSA) is 54.3 Å². The van der Waals surface area contributed by atoms with Crippen molar-refractivity contribution >= 4 is 40.5 Å². The van der Waals surface area contributed by atoms with Crippen molar-refractivity contribution in [1.82, 2.24) is 9.47 Å². The van der Waals surface area contributed by atoms with Crippen LogP contribution in [-0.2, 0) is 7.05 Å². The fourth-order valence-corrected chi connectivity index (χ4v) is 4.67. The molecule has 1 amide bonds. The third-order valence-corrected chi connectivity index (χ3v) is 6.85. The molecule has 34 heavy (non-hydrogen) atoms. The maximum absolute atomic E-state index is 13.8. The molecule has 0 aliphatic carbocycles. The molecule has 1 saturated heterocycles. The van der Waals surface area contributed by atoms with Crippen LogP contribution in [0, 0.1) is 18.6 Å². The van der Waals surface area contributed by atoms with Crippen molar-refractivity contribution in [3.63, 3.8) is 0 Å². The number of benzene rings is 2. The van der Waals surface area contributed by atoms with Gasteiger partial charge in [-0.1, -0.05) is 35.3 Å². The minimum absolute atomic E-state index is 0.0957. The minimum atomic E-state index is -0.481. The molecule has 3 aromatic rings. The molecule has 1 aliphatic rings. The summed E-state index contributed by atoms with van der Waals surface area (Å²) in [5.74, 6) is -0.801. The number of likely N-dealkylation sites (tertiary alicyclic amines) is 1. The average molecular weight is 506 g/mol. The van der Waals surface area contributed by atoms with Crippen LogP contribution in [0.3, 0.4) is 0 Å². The fraction of sp³-hybridized carbons (Fsp3) is 0.280. The fourth-order valence-electron chi connectivity index (χ4n) is 4.19. The SMILES string of the molecule is Cc1cc(Nc2c(C(=O)N3CCC(c4ccc(F)cc4)CC3)cn(C)c(=O)c2Cl)c(Cl)cc1F. The number of amides is 1. The highest BCUT2D eigenvalue weighted by Crippen LogP contribution is 2.34. The lowest BCUT2D eigenvalue weighted by Crippen LogP contribution is -2.39. The molecule has 1 aliphatic heterocycles. The Kier molecular flexibility index (Phi) is 6.96. The summed E-state index contributed by atoms with van der Waals surface area (Å²) in [6.45, 7) is 2.58. The Labute approximate surface area is 205 Å². The molecule has 4 rings (SSSR count). The van der Waals surface area contributed by atoms with Gasteiger partial charge < -0.3 is 14.8 Å². The van der Waals surface area contributed by atoms with Gasteiger partial charge in [0.25, 0.3) is 11.5 Å². The third kappa shape index (κ3) is 4.81. The molecule has 0 saturated carbocycles. The van der Waals surface area contributed by atoms with Gasteiger partial charge in [0, 0.05) is 26.3 Å². The summed E-state index contributed by atoms with van der Waals surface area (Å²) in [6, 6.07) is 9.10. The Morgan fingerprint density at radius 3 is 2.38 bits per heavy atom. The molecular formula is C25H23Cl2F2N3O2. The van der Waals surface area contributed by atoms with Gasteiger partial charge in [0.15, 0.2) is 0 Å². The molecule has 0 unspecified atom stereocenters. The number of aromatic nitrogens is 1. The summed E-state index contributed by atoms with van der Waals surface area (Å²) in [6.07, 6.45) is 2.89. The van der Waals surface area contributed by atoms with E-state index in [0.29, 0.717) is 24.3 Å². The van der Waals surface area contributed by atoms with Crippen molar-refractivity contribution in [2.24, 2.45) is 7.05 Å². The molecule has 1 N–H and O–H groups in total. The number of hydrogen-bond donors (Lipinski definition) is 1. The average Bonchev–Trinajstić information content (AvgIpc) is 2.82. The molecule has 0 spiro atoms. The first-order valence-electron chi connectivity index (χ1n) is 10.8. The predicted octanol–water partition coefficient (Wildman–Crippen LogP) is 6.04. The van der Waals surface area contributed by atoms with Gasteiger partial charge in [-0.3, -0.25) is 9.59 Å². The molecule has 2 heterocycles. The summed E-state index contributed by atoms with van der Waals surface area (Å²) in [4.78, 5) is 27.7. The van der Waals surface area contributed by atoms with Crippen molar-refractivity contribution < 1.29 is 13.6 Å². The number of halogens is 4. The predicted molar refractivity (Wildman–Crippen MR) is 130 cm³/mol. The Balaban J connectivity index is 1.61. The molecule has 9 heteroatoms. The highest BCUT2D eigenvalue weighted by molar-refractivity contribution is 6.35. The number of pyridine rings is 1. The van der Waals surface area contributed by atoms with Crippen LogP contribution >= 0.6 is 23.2 Å². The molecule has 0 atom stereocenters. The Hall–Kier alpha value is -2.90. The number of hydrogen-bond acceptors (Lipinski definition) is 3. The zero-order chi connectivity index (χ0) is 24.6. The van der Waals surface area contributed by atoms with Gasteiger partial charge in [0.2, 0.25) is 0 Å². The number of carbonyl (C=O) groups excluding carboxylic acids is 1. The van der Waals surface area contributed by atoms with Crippen molar-refractivity contribution in [2.75, 3.05) is 18.4 Å². The maximum Gasteiger partial charge on any atom is 0.271 e. The minimum Gasteiger partial charge on any atom is -0.352 e. The van der Waals surface area contributed by atoms with E-state index < -0.39 is 11.4 Å². The highest BCUT2D eigenvalue weighted by Gasteiger charge is 2.28. The smallest absolute Gasteiger partial charge is 0.271 e. The summed E-state index contributed by atoms with van der Waals surface area (Å²) in [5.41, 5.74) is 1.59. The van der Waals surface area contributed by atoms with E-state index in [1.54, 1.807) is 24.0 Å². The van der Waals surface area contributed by atoms with Gasteiger partial charge in [-0.25, -0.2) is 8.78 Å². The Bertz CT molecular complexity index is 1300. The van der Waals surface area contributed by atoms with Crippen LogP contribution in [-0.4, -0.2) is 28.5 Å². The second-order valence-corrected chi connectivity index (χ2v) is 9.26. The number of piperidine rings is 1. The van der Waals surface area contributed by atoms with Crippen LogP contribution in [0.1, 0.15) is 40.2 Å². The molecule has 178 valence electrons. The lowest BCUT2D eigenvalue weighted by Gasteiger charge is -2.33. The second-order valence-electron chi connectivity index (χ2n) is 8.47. The van der Waals surface area contributed by atoms with Crippen LogP contribution in [0.2, 0.25) is 10.0 Å². The van der Waals surface area contributed by atoms with Gasteiger partial charge in [0.1, 0.15) is 16.7 Å². The molecular weight excluding hydrogens is 483 g/mol. The zero-order valence-electron chi connectivity index (χ0n) is 18.7. The van der Waals surface area contributed by atoms with E-state index in [1.807, 2.05) is 0 Å². The number of nitrogens with zero attached hydrogens (tertiary/aromatic N) is 2. The normalized spacial score (nSPS) is 14.4. The monoisotopic (exact) mass is 505 g/mol. The van der Waals surface area contributed by atoms with E-state index in [0.717, 1.165) is 24.5 Å². The van der Waals surface area contributed by atoms with Gasteiger partial charge in [-0.05, 0) is 61.1 Å². The number of rotatable bonds is 4. The Morgan fingerprint density at radius 1 is 1.09 bits per heavy atom. The first-order valence-corrected chi connectivity index (χ1v) is 11.6. The number of carbonyl (C=O) groups is 1. The van der Waals surface area contributed by atoms with Gasteiger partial charge in [0.05, 0.1) is 22.0 Å². The Morgan fingerprint density at radius 2 is 1.74 bits per heavy atom. The van der Waals surface area contributed by atoms with Crippen LogP contribution in [0.25, 0.3) is 0 Å². The standard InChI is InChI=1S/C25H23Cl2F2N3O2/c1-14-11-21(19(26)12-20(14)29)30-23-18(13-31(2)25(34)22(23)27)24(33)32-9-7-16(8-10-32)15-3-5-17(28)6-4-15/h3-6,11-13,16,30H,7-10H2,1-2H3. The van der Waals surface area contributed by atoms with Gasteiger partial charge >= 0.3 is 0 Å². The van der Waals surface area contributed by atoms with Crippen LogP contribution in [0.5, 0.6) is 0 Å². The highest BCUT2D eigenvalue weighted by atomic mass is 35.5. The van der Waals surface area contributed by atoms with E-state index >= 15 is 0 Å². The number of aryl methyl sites for hydroxylation is 2. The number of anilines is 2. The van der Waals surface area contributed by atoms with Gasteiger partial charge in [-0.2, -0.15) is 0 Å². The van der Waals surface area contributed by atoms with Gasteiger partial charge in [-0.15, -0.1) is 0 Å². The van der Waals surface area contributed by atoms with E-state index in [9.17, 15) is 18.4 Å². The van der Waals surface area contributed by atoms with E-state index in [4.69, 9.17) is 23.2 Å². The van der Waals surface area contributed by atoms with E-state index in [2.05, 4.69) is 5.32 Å². The van der Waals surface area contributed by atoms with E-state index in [-0.39, 0.29) is 38.9 Å². The van der Waals surface area contributed by atoms with Crippen molar-refractivity contribution in [1.29, 1.82) is 0 Å². The van der Waals surface area contributed by atoms with Crippen LogP contribution in [0.4, 0.5) is 20.2 Å². The third-order valence-electron chi connectivity index (χ3n) is 6.18. The first kappa shape index (κ1) is 24.2. The molecule has 0 radical (unpaired) electrons. The first-order chi connectivity index (χ1) is 16.2. The summed E-state index contributed by atoms with van der Waals surface area (Å²) in [7, 11) is 1.52. The maximum atomic E-state index is 13.8.